The van der Waals surface area contributed by atoms with Gasteiger partial charge in [0.2, 0.25) is 0 Å². The second-order valence-corrected chi connectivity index (χ2v) is 16.5. The molecular formula is C34H49NO2P2. The van der Waals surface area contributed by atoms with Crippen molar-refractivity contribution in [2.75, 3.05) is 12.7 Å². The van der Waals surface area contributed by atoms with E-state index in [4.69, 9.17) is 4.74 Å². The summed E-state index contributed by atoms with van der Waals surface area (Å²) in [6, 6.07) is 22.1. The number of carbonyl (C=O) groups is 1. The van der Waals surface area contributed by atoms with E-state index in [1.54, 1.807) is 0 Å². The maximum absolute atomic E-state index is 14.2. The molecule has 0 N–H and O–H groups in total. The van der Waals surface area contributed by atoms with Crippen molar-refractivity contribution in [1.29, 1.82) is 0 Å². The molecule has 1 aliphatic heterocycles. The van der Waals surface area contributed by atoms with Gasteiger partial charge in [-0.3, -0.25) is 4.90 Å². The fourth-order valence-electron chi connectivity index (χ4n) is 7.94. The van der Waals surface area contributed by atoms with E-state index in [1.165, 1.54) is 75.3 Å². The Morgan fingerprint density at radius 3 is 1.87 bits per heavy atom. The van der Waals surface area contributed by atoms with Crippen LogP contribution in [0.3, 0.4) is 0 Å². The standard InChI is InChI=1S/C34H49NO2P2/c1-33(2,3)37-32(36)35-24-30(39(28-20-12-6-13-21-28)29-22-14-7-15-23-29)31(26-16-8-4-9-17-26)34(35,25-38)27-18-10-5-11-19-27/h4-5,8-11,16-19,28-31H,6-7,12-15,20-25,38H2,1-3H3/t30-,31?,34-/m1/s1. The Labute approximate surface area is 240 Å². The largest absolute Gasteiger partial charge is 0.444 e. The van der Waals surface area contributed by atoms with Crippen LogP contribution in [-0.4, -0.2) is 46.3 Å². The van der Waals surface area contributed by atoms with Crippen molar-refractivity contribution in [3.63, 3.8) is 0 Å². The summed E-state index contributed by atoms with van der Waals surface area (Å²) in [7, 11) is 2.81. The maximum atomic E-state index is 14.2. The summed E-state index contributed by atoms with van der Waals surface area (Å²) in [6.07, 6.45) is 14.5. The minimum absolute atomic E-state index is 0.153. The number of nitrogens with zero attached hydrogens (tertiary/aromatic N) is 1. The Morgan fingerprint density at radius 1 is 0.872 bits per heavy atom. The Hall–Kier alpha value is -1.43. The van der Waals surface area contributed by atoms with E-state index in [1.807, 2.05) is 20.8 Å². The summed E-state index contributed by atoms with van der Waals surface area (Å²) in [5, 5.41) is 0. The Balaban J connectivity index is 1.69. The molecule has 39 heavy (non-hydrogen) atoms. The predicted molar refractivity (Wildman–Crippen MR) is 169 cm³/mol. The smallest absolute Gasteiger partial charge is 0.411 e. The van der Waals surface area contributed by atoms with Crippen molar-refractivity contribution in [3.05, 3.63) is 71.8 Å². The summed E-state index contributed by atoms with van der Waals surface area (Å²) in [5.41, 5.74) is 3.77. The highest BCUT2D eigenvalue weighted by Gasteiger charge is 2.60. The van der Waals surface area contributed by atoms with E-state index in [2.05, 4.69) is 74.8 Å². The highest BCUT2D eigenvalue weighted by Crippen LogP contribution is 2.67. The van der Waals surface area contributed by atoms with Gasteiger partial charge in [0.1, 0.15) is 5.60 Å². The average molecular weight is 566 g/mol. The quantitative estimate of drug-likeness (QED) is 0.327. The first-order valence-corrected chi connectivity index (χ1v) is 17.8. The third-order valence-corrected chi connectivity index (χ3v) is 14.1. The zero-order valence-corrected chi connectivity index (χ0v) is 26.4. The molecule has 2 aliphatic carbocycles. The van der Waals surface area contributed by atoms with Crippen molar-refractivity contribution >= 4 is 23.3 Å². The molecule has 2 saturated carbocycles. The third kappa shape index (κ3) is 6.11. The molecule has 5 heteroatoms. The Bertz CT molecular complexity index is 1040. The van der Waals surface area contributed by atoms with Crippen LogP contribution in [0, 0.1) is 0 Å². The van der Waals surface area contributed by atoms with Crippen molar-refractivity contribution < 1.29 is 9.53 Å². The fourth-order valence-corrected chi connectivity index (χ4v) is 13.4. The minimum atomic E-state index is -0.530. The first-order chi connectivity index (χ1) is 18.8. The molecule has 0 radical (unpaired) electrons. The third-order valence-electron chi connectivity index (χ3n) is 9.48. The molecule has 5 rings (SSSR count). The van der Waals surface area contributed by atoms with Gasteiger partial charge in [0.05, 0.1) is 5.54 Å². The van der Waals surface area contributed by atoms with Gasteiger partial charge in [-0.25, -0.2) is 4.79 Å². The van der Waals surface area contributed by atoms with E-state index in [0.717, 1.165) is 24.0 Å². The van der Waals surface area contributed by atoms with Crippen LogP contribution >= 0.6 is 17.2 Å². The molecular weight excluding hydrogens is 516 g/mol. The predicted octanol–water partition coefficient (Wildman–Crippen LogP) is 9.31. The number of rotatable bonds is 6. The zero-order chi connectivity index (χ0) is 27.5. The molecule has 0 bridgehead atoms. The van der Waals surface area contributed by atoms with Gasteiger partial charge >= 0.3 is 6.09 Å². The van der Waals surface area contributed by atoms with Crippen molar-refractivity contribution in [2.45, 2.75) is 119 Å². The molecule has 4 atom stereocenters. The van der Waals surface area contributed by atoms with E-state index in [0.29, 0.717) is 5.66 Å². The van der Waals surface area contributed by atoms with Crippen LogP contribution in [0.1, 0.15) is 102 Å². The molecule has 1 amide bonds. The number of benzene rings is 2. The van der Waals surface area contributed by atoms with Crippen molar-refractivity contribution in [3.8, 4) is 0 Å². The first kappa shape index (κ1) is 29.1. The van der Waals surface area contributed by atoms with Crippen LogP contribution in [-0.2, 0) is 10.3 Å². The van der Waals surface area contributed by atoms with E-state index in [9.17, 15) is 4.79 Å². The molecule has 0 spiro atoms. The van der Waals surface area contributed by atoms with E-state index < -0.39 is 11.1 Å². The molecule has 212 valence electrons. The number of carbonyl (C=O) groups excluding carboxylic acids is 1. The van der Waals surface area contributed by atoms with Gasteiger partial charge in [-0.05, 0) is 75.1 Å². The van der Waals surface area contributed by atoms with Crippen molar-refractivity contribution in [2.24, 2.45) is 0 Å². The lowest BCUT2D eigenvalue weighted by Crippen LogP contribution is -2.50. The van der Waals surface area contributed by atoms with Crippen molar-refractivity contribution in [1.82, 2.24) is 4.90 Å². The molecule has 2 aromatic carbocycles. The lowest BCUT2D eigenvalue weighted by molar-refractivity contribution is 0.00881. The summed E-state index contributed by atoms with van der Waals surface area (Å²) in [6.45, 7) is 6.79. The van der Waals surface area contributed by atoms with Crippen LogP contribution in [0.4, 0.5) is 4.79 Å². The second-order valence-electron chi connectivity index (χ2n) is 13.1. The highest BCUT2D eigenvalue weighted by atomic mass is 31.1. The van der Waals surface area contributed by atoms with Crippen LogP contribution in [0.5, 0.6) is 0 Å². The first-order valence-electron chi connectivity index (χ1n) is 15.4. The molecule has 2 aromatic rings. The van der Waals surface area contributed by atoms with Gasteiger partial charge in [-0.15, -0.1) is 9.24 Å². The lowest BCUT2D eigenvalue weighted by atomic mass is 9.76. The van der Waals surface area contributed by atoms with Gasteiger partial charge in [-0.2, -0.15) is 0 Å². The number of ether oxygens (including phenoxy) is 1. The molecule has 1 saturated heterocycles. The van der Waals surface area contributed by atoms with Gasteiger partial charge in [0, 0.05) is 18.1 Å². The van der Waals surface area contributed by atoms with Crippen LogP contribution < -0.4 is 0 Å². The van der Waals surface area contributed by atoms with Crippen LogP contribution in [0.15, 0.2) is 60.7 Å². The molecule has 3 nitrogen and oxygen atoms in total. The number of hydrogen-bond donors (Lipinski definition) is 0. The average Bonchev–Trinajstić information content (AvgIpc) is 3.30. The lowest BCUT2D eigenvalue weighted by Gasteiger charge is -2.46. The maximum Gasteiger partial charge on any atom is 0.411 e. The summed E-state index contributed by atoms with van der Waals surface area (Å²) < 4.78 is 6.19. The van der Waals surface area contributed by atoms with Crippen LogP contribution in [0.2, 0.25) is 0 Å². The molecule has 3 aliphatic rings. The highest BCUT2D eigenvalue weighted by molar-refractivity contribution is 7.60. The number of amides is 1. The Morgan fingerprint density at radius 2 is 1.38 bits per heavy atom. The van der Waals surface area contributed by atoms with Crippen LogP contribution in [0.25, 0.3) is 0 Å². The summed E-state index contributed by atoms with van der Waals surface area (Å²) in [5.74, 6) is 0.251. The number of hydrogen-bond acceptors (Lipinski definition) is 2. The Kier molecular flexibility index (Phi) is 9.40. The summed E-state index contributed by atoms with van der Waals surface area (Å²) in [4.78, 5) is 16.4. The van der Waals surface area contributed by atoms with E-state index in [-0.39, 0.29) is 19.9 Å². The van der Waals surface area contributed by atoms with Gasteiger partial charge in [0.25, 0.3) is 0 Å². The van der Waals surface area contributed by atoms with Gasteiger partial charge in [-0.1, -0.05) is 107 Å². The van der Waals surface area contributed by atoms with Gasteiger partial charge in [0.15, 0.2) is 0 Å². The van der Waals surface area contributed by atoms with E-state index >= 15 is 0 Å². The zero-order valence-electron chi connectivity index (χ0n) is 24.4. The SMILES string of the molecule is CC(C)(C)OC(=O)N1C[C@@H](P(C2CCCCC2)C2CCCCC2)C(c2ccccc2)[C@@]1(CP)c1ccccc1. The molecule has 0 aromatic heterocycles. The molecule has 2 unspecified atom stereocenters. The normalized spacial score (nSPS) is 27.2. The van der Waals surface area contributed by atoms with Gasteiger partial charge < -0.3 is 4.74 Å². The second kappa shape index (κ2) is 12.6. The molecule has 3 fully saturated rings. The topological polar surface area (TPSA) is 29.5 Å². The molecule has 1 heterocycles. The summed E-state index contributed by atoms with van der Waals surface area (Å²) >= 11 is 0. The minimum Gasteiger partial charge on any atom is -0.444 e. The monoisotopic (exact) mass is 565 g/mol. The number of likely N-dealkylation sites (tertiary alicyclic amines) is 1. The fraction of sp³-hybridized carbons (Fsp3) is 0.618.